The summed E-state index contributed by atoms with van der Waals surface area (Å²) in [5.41, 5.74) is 0.285. The Bertz CT molecular complexity index is 347. The van der Waals surface area contributed by atoms with Crippen molar-refractivity contribution in [3.63, 3.8) is 0 Å². The molecule has 0 aromatic carbocycles. The van der Waals surface area contributed by atoms with Crippen LogP contribution < -0.4 is 0 Å². The van der Waals surface area contributed by atoms with E-state index in [1.165, 1.54) is 51.4 Å². The van der Waals surface area contributed by atoms with Gasteiger partial charge in [0, 0.05) is 12.8 Å². The summed E-state index contributed by atoms with van der Waals surface area (Å²) in [5, 5.41) is 8.91. The molecule has 3 unspecified atom stereocenters. The van der Waals surface area contributed by atoms with E-state index in [0.717, 1.165) is 12.8 Å². The summed E-state index contributed by atoms with van der Waals surface area (Å²) in [6.07, 6.45) is 13.7. The molecule has 0 saturated heterocycles. The first-order valence-electron chi connectivity index (χ1n) is 10.1. The molecule has 1 N–H and O–H groups in total. The average Bonchev–Trinajstić information content (AvgIpc) is 2.57. The van der Waals surface area contributed by atoms with Gasteiger partial charge in [0.25, 0.3) is 0 Å². The zero-order valence-electron chi connectivity index (χ0n) is 16.3. The molecule has 4 nitrogen and oxygen atoms in total. The SMILES string of the molecule is CCCCCCCCCCCC(P)C(CCC(=O)O)CC(=O)OCC. The summed E-state index contributed by atoms with van der Waals surface area (Å²) in [4.78, 5) is 22.6. The van der Waals surface area contributed by atoms with Crippen molar-refractivity contribution >= 4 is 21.2 Å². The van der Waals surface area contributed by atoms with Crippen LogP contribution in [0.1, 0.15) is 97.3 Å². The number of carbonyl (C=O) groups is 2. The van der Waals surface area contributed by atoms with Gasteiger partial charge in [-0.05, 0) is 31.3 Å². The van der Waals surface area contributed by atoms with Crippen molar-refractivity contribution in [1.82, 2.24) is 0 Å². The number of esters is 1. The van der Waals surface area contributed by atoms with Gasteiger partial charge >= 0.3 is 11.9 Å². The molecule has 0 bridgehead atoms. The fourth-order valence-corrected chi connectivity index (χ4v) is 3.70. The number of carboxylic acid groups (broad SMARTS) is 1. The largest absolute Gasteiger partial charge is 0.481 e. The van der Waals surface area contributed by atoms with Crippen LogP contribution in [0.3, 0.4) is 0 Å². The molecule has 5 heteroatoms. The molecule has 0 aliphatic carbocycles. The lowest BCUT2D eigenvalue weighted by atomic mass is 9.92. The molecule has 0 radical (unpaired) electrons. The van der Waals surface area contributed by atoms with Crippen molar-refractivity contribution < 1.29 is 19.4 Å². The fraction of sp³-hybridized carbons (Fsp3) is 0.900. The van der Waals surface area contributed by atoms with Crippen molar-refractivity contribution in [1.29, 1.82) is 0 Å². The predicted octanol–water partition coefficient (Wildman–Crippen LogP) is 5.59. The third kappa shape index (κ3) is 15.3. The Labute approximate surface area is 156 Å². The van der Waals surface area contributed by atoms with E-state index >= 15 is 0 Å². The van der Waals surface area contributed by atoms with Gasteiger partial charge in [-0.15, -0.1) is 9.24 Å². The maximum Gasteiger partial charge on any atom is 0.306 e. The van der Waals surface area contributed by atoms with Gasteiger partial charge < -0.3 is 9.84 Å². The number of ether oxygens (including phenoxy) is 1. The summed E-state index contributed by atoms with van der Waals surface area (Å²) in [5.74, 6) is -0.930. The van der Waals surface area contributed by atoms with Gasteiger partial charge in [0.1, 0.15) is 0 Å². The van der Waals surface area contributed by atoms with Crippen LogP contribution in [0.25, 0.3) is 0 Å². The van der Waals surface area contributed by atoms with Crippen LogP contribution in [-0.4, -0.2) is 29.3 Å². The van der Waals surface area contributed by atoms with E-state index in [1.54, 1.807) is 6.92 Å². The Kier molecular flexibility index (Phi) is 16.4. The van der Waals surface area contributed by atoms with E-state index in [9.17, 15) is 9.59 Å². The highest BCUT2D eigenvalue weighted by atomic mass is 31.0. The van der Waals surface area contributed by atoms with E-state index < -0.39 is 5.97 Å². The minimum absolute atomic E-state index is 0.0780. The van der Waals surface area contributed by atoms with Gasteiger partial charge in [0.15, 0.2) is 0 Å². The molecule has 0 spiro atoms. The second-order valence-corrected chi connectivity index (χ2v) is 7.84. The Balaban J connectivity index is 3.96. The molecule has 3 atom stereocenters. The van der Waals surface area contributed by atoms with Crippen molar-refractivity contribution in [3.05, 3.63) is 0 Å². The number of hydrogen-bond donors (Lipinski definition) is 1. The maximum atomic E-state index is 11.7. The smallest absolute Gasteiger partial charge is 0.306 e. The summed E-state index contributed by atoms with van der Waals surface area (Å²) in [6, 6.07) is 0. The van der Waals surface area contributed by atoms with Crippen LogP contribution >= 0.6 is 9.24 Å². The van der Waals surface area contributed by atoms with Crippen molar-refractivity contribution in [3.8, 4) is 0 Å². The van der Waals surface area contributed by atoms with Crippen LogP contribution in [0.15, 0.2) is 0 Å². The molecule has 0 aromatic heterocycles. The molecule has 0 amide bonds. The number of unbranched alkanes of at least 4 members (excludes halogenated alkanes) is 8. The van der Waals surface area contributed by atoms with Crippen LogP contribution in [0.5, 0.6) is 0 Å². The highest BCUT2D eigenvalue weighted by Gasteiger charge is 2.22. The third-order valence-electron chi connectivity index (χ3n) is 4.71. The average molecular weight is 375 g/mol. The van der Waals surface area contributed by atoms with Gasteiger partial charge in [-0.25, -0.2) is 0 Å². The van der Waals surface area contributed by atoms with E-state index in [1.807, 2.05) is 0 Å². The molecular weight excluding hydrogens is 335 g/mol. The molecule has 0 fully saturated rings. The zero-order chi connectivity index (χ0) is 18.9. The van der Waals surface area contributed by atoms with Crippen LogP contribution in [0.4, 0.5) is 0 Å². The van der Waals surface area contributed by atoms with Gasteiger partial charge in [-0.2, -0.15) is 0 Å². The lowest BCUT2D eigenvalue weighted by Crippen LogP contribution is -2.21. The lowest BCUT2D eigenvalue weighted by molar-refractivity contribution is -0.145. The molecule has 0 saturated carbocycles. The molecule has 148 valence electrons. The van der Waals surface area contributed by atoms with Crippen LogP contribution in [0.2, 0.25) is 0 Å². The van der Waals surface area contributed by atoms with Crippen molar-refractivity contribution in [2.24, 2.45) is 5.92 Å². The highest BCUT2D eigenvalue weighted by molar-refractivity contribution is 7.17. The maximum absolute atomic E-state index is 11.7. The Morgan fingerprint density at radius 3 is 2.00 bits per heavy atom. The molecule has 0 aliphatic heterocycles. The van der Waals surface area contributed by atoms with Crippen LogP contribution in [0, 0.1) is 5.92 Å². The minimum atomic E-state index is -0.797. The fourth-order valence-electron chi connectivity index (χ4n) is 3.14. The second kappa shape index (κ2) is 16.8. The predicted molar refractivity (Wildman–Crippen MR) is 107 cm³/mol. The first-order chi connectivity index (χ1) is 12.0. The van der Waals surface area contributed by atoms with E-state index in [0.29, 0.717) is 19.4 Å². The minimum Gasteiger partial charge on any atom is -0.481 e. The summed E-state index contributed by atoms with van der Waals surface area (Å²) in [7, 11) is 2.83. The summed E-state index contributed by atoms with van der Waals surface area (Å²) in [6.45, 7) is 4.42. The monoisotopic (exact) mass is 374 g/mol. The lowest BCUT2D eigenvalue weighted by Gasteiger charge is -2.22. The van der Waals surface area contributed by atoms with Gasteiger partial charge in [0.05, 0.1) is 6.61 Å². The number of carboxylic acids is 1. The molecular formula is C20H39O4P. The van der Waals surface area contributed by atoms with Crippen molar-refractivity contribution in [2.75, 3.05) is 6.61 Å². The standard InChI is InChI=1S/C20H39O4P/c1-3-5-6-7-8-9-10-11-12-13-18(25)17(14-15-19(21)22)16-20(23)24-4-2/h17-18H,3-16,25H2,1-2H3,(H,21,22). The number of hydrogen-bond acceptors (Lipinski definition) is 3. The Hall–Kier alpha value is -0.630. The molecule has 0 aliphatic rings. The van der Waals surface area contributed by atoms with Crippen LogP contribution in [-0.2, 0) is 14.3 Å². The van der Waals surface area contributed by atoms with E-state index in [-0.39, 0.29) is 24.0 Å². The summed E-state index contributed by atoms with van der Waals surface area (Å²) >= 11 is 0. The number of rotatable bonds is 17. The Morgan fingerprint density at radius 1 is 0.920 bits per heavy atom. The zero-order valence-corrected chi connectivity index (χ0v) is 17.5. The highest BCUT2D eigenvalue weighted by Crippen LogP contribution is 2.27. The van der Waals surface area contributed by atoms with Gasteiger partial charge in [0.2, 0.25) is 0 Å². The first kappa shape index (κ1) is 24.4. The second-order valence-electron chi connectivity index (χ2n) is 6.98. The molecule has 0 heterocycles. The van der Waals surface area contributed by atoms with Gasteiger partial charge in [-0.1, -0.05) is 64.7 Å². The van der Waals surface area contributed by atoms with Gasteiger partial charge in [-0.3, -0.25) is 9.59 Å². The van der Waals surface area contributed by atoms with Crippen molar-refractivity contribution in [2.45, 2.75) is 103 Å². The normalized spacial score (nSPS) is 13.4. The third-order valence-corrected chi connectivity index (χ3v) is 5.59. The quantitative estimate of drug-likeness (QED) is 0.205. The first-order valence-corrected chi connectivity index (χ1v) is 10.8. The number of aliphatic carboxylic acids is 1. The molecule has 0 aromatic rings. The number of carbonyl (C=O) groups excluding carboxylic acids is 1. The van der Waals surface area contributed by atoms with E-state index in [4.69, 9.17) is 9.84 Å². The Morgan fingerprint density at radius 2 is 1.48 bits per heavy atom. The molecule has 0 rings (SSSR count). The topological polar surface area (TPSA) is 63.6 Å². The van der Waals surface area contributed by atoms with E-state index in [2.05, 4.69) is 16.2 Å². The molecule has 25 heavy (non-hydrogen) atoms. The summed E-state index contributed by atoms with van der Waals surface area (Å²) < 4.78 is 5.03.